The lowest BCUT2D eigenvalue weighted by Crippen LogP contribution is -2.15. The summed E-state index contributed by atoms with van der Waals surface area (Å²) >= 11 is 15.6. The summed E-state index contributed by atoms with van der Waals surface area (Å²) in [6, 6.07) is 20.9. The zero-order valence-corrected chi connectivity index (χ0v) is 19.4. The SMILES string of the molecule is O=C(COC(=O)c1nc(-c2ccc(Br)cc2)n(-c2ccc(Cl)c(Cl)c2)n1)c1ccccc1. The van der Waals surface area contributed by atoms with Gasteiger partial charge in [-0.2, -0.15) is 0 Å². The van der Waals surface area contributed by atoms with Crippen molar-refractivity contribution < 1.29 is 14.3 Å². The van der Waals surface area contributed by atoms with Crippen LogP contribution >= 0.6 is 39.1 Å². The fourth-order valence-corrected chi connectivity index (χ4v) is 3.44. The number of hydrogen-bond acceptors (Lipinski definition) is 5. The number of nitrogens with zero attached hydrogens (tertiary/aromatic N) is 3. The number of aromatic nitrogens is 3. The monoisotopic (exact) mass is 529 g/mol. The summed E-state index contributed by atoms with van der Waals surface area (Å²) < 4.78 is 7.53. The predicted molar refractivity (Wildman–Crippen MR) is 126 cm³/mol. The molecule has 6 nitrogen and oxygen atoms in total. The van der Waals surface area contributed by atoms with Crippen molar-refractivity contribution in [2.24, 2.45) is 0 Å². The zero-order valence-electron chi connectivity index (χ0n) is 16.3. The van der Waals surface area contributed by atoms with Crippen molar-refractivity contribution >= 4 is 50.9 Å². The number of ether oxygens (including phenoxy) is 1. The second-order valence-electron chi connectivity index (χ2n) is 6.64. The van der Waals surface area contributed by atoms with E-state index in [1.54, 1.807) is 48.5 Å². The van der Waals surface area contributed by atoms with Crippen LogP contribution in [0, 0.1) is 0 Å². The number of hydrogen-bond donors (Lipinski definition) is 0. The van der Waals surface area contributed by atoms with Crippen LogP contribution in [0.4, 0.5) is 0 Å². The molecule has 4 aromatic rings. The fraction of sp³-hybridized carbons (Fsp3) is 0.0435. The van der Waals surface area contributed by atoms with E-state index in [2.05, 4.69) is 26.0 Å². The number of carbonyl (C=O) groups excluding carboxylic acids is 2. The molecular weight excluding hydrogens is 517 g/mol. The maximum Gasteiger partial charge on any atom is 0.378 e. The normalized spacial score (nSPS) is 10.7. The lowest BCUT2D eigenvalue weighted by Gasteiger charge is -2.07. The summed E-state index contributed by atoms with van der Waals surface area (Å²) in [5.41, 5.74) is 1.72. The molecule has 0 aliphatic heterocycles. The van der Waals surface area contributed by atoms with E-state index in [0.717, 1.165) is 4.47 Å². The third-order valence-corrected chi connectivity index (χ3v) is 5.74. The van der Waals surface area contributed by atoms with Gasteiger partial charge in [-0.3, -0.25) is 4.79 Å². The topological polar surface area (TPSA) is 74.1 Å². The molecule has 0 amide bonds. The first-order valence-corrected chi connectivity index (χ1v) is 10.9. The van der Waals surface area contributed by atoms with Gasteiger partial charge in [-0.25, -0.2) is 14.5 Å². The molecule has 0 aliphatic rings. The summed E-state index contributed by atoms with van der Waals surface area (Å²) in [7, 11) is 0. The van der Waals surface area contributed by atoms with Gasteiger partial charge in [0.05, 0.1) is 15.7 Å². The Morgan fingerprint density at radius 1 is 0.938 bits per heavy atom. The van der Waals surface area contributed by atoms with Crippen LogP contribution in [0.3, 0.4) is 0 Å². The number of rotatable bonds is 6. The number of ketones is 1. The Hall–Kier alpha value is -3.00. The smallest absolute Gasteiger partial charge is 0.378 e. The maximum atomic E-state index is 12.6. The minimum absolute atomic E-state index is 0.185. The predicted octanol–water partition coefficient (Wildman–Crippen LogP) is 6.04. The van der Waals surface area contributed by atoms with Gasteiger partial charge in [-0.05, 0) is 30.3 Å². The van der Waals surface area contributed by atoms with E-state index in [1.807, 2.05) is 24.3 Å². The molecule has 0 unspecified atom stereocenters. The molecule has 0 bridgehead atoms. The van der Waals surface area contributed by atoms with Crippen LogP contribution in [0.5, 0.6) is 0 Å². The summed E-state index contributed by atoms with van der Waals surface area (Å²) in [4.78, 5) is 29.2. The maximum absolute atomic E-state index is 12.6. The van der Waals surface area contributed by atoms with E-state index in [-0.39, 0.29) is 11.6 Å². The Bertz CT molecular complexity index is 1290. The molecule has 9 heteroatoms. The molecule has 1 aromatic heterocycles. The lowest BCUT2D eigenvalue weighted by molar-refractivity contribution is 0.0462. The molecule has 4 rings (SSSR count). The van der Waals surface area contributed by atoms with Crippen molar-refractivity contribution in [2.45, 2.75) is 0 Å². The summed E-state index contributed by atoms with van der Waals surface area (Å²) in [5, 5.41) is 5.03. The van der Waals surface area contributed by atoms with Crippen LogP contribution in [-0.2, 0) is 4.74 Å². The Kier molecular flexibility index (Phi) is 6.69. The van der Waals surface area contributed by atoms with Crippen molar-refractivity contribution in [3.63, 3.8) is 0 Å². The zero-order chi connectivity index (χ0) is 22.7. The average molecular weight is 531 g/mol. The first kappa shape index (κ1) is 22.2. The largest absolute Gasteiger partial charge is 0.451 e. The number of esters is 1. The third kappa shape index (κ3) is 4.91. The van der Waals surface area contributed by atoms with Crippen LogP contribution < -0.4 is 0 Å². The molecule has 0 fully saturated rings. The molecule has 0 saturated heterocycles. The van der Waals surface area contributed by atoms with Crippen molar-refractivity contribution in [2.75, 3.05) is 6.61 Å². The number of carbonyl (C=O) groups is 2. The van der Waals surface area contributed by atoms with E-state index in [9.17, 15) is 9.59 Å². The molecular formula is C23H14BrCl2N3O3. The van der Waals surface area contributed by atoms with Gasteiger partial charge in [0.15, 0.2) is 18.2 Å². The Balaban J connectivity index is 1.65. The van der Waals surface area contributed by atoms with E-state index >= 15 is 0 Å². The van der Waals surface area contributed by atoms with Gasteiger partial charge in [0, 0.05) is 15.6 Å². The molecule has 160 valence electrons. The quantitative estimate of drug-likeness (QED) is 0.224. The minimum atomic E-state index is -0.813. The molecule has 0 aliphatic carbocycles. The van der Waals surface area contributed by atoms with E-state index in [4.69, 9.17) is 27.9 Å². The molecule has 0 spiro atoms. The van der Waals surface area contributed by atoms with Gasteiger partial charge < -0.3 is 4.74 Å². The second kappa shape index (κ2) is 9.65. The molecule has 0 atom stereocenters. The fourth-order valence-electron chi connectivity index (χ4n) is 2.88. The van der Waals surface area contributed by atoms with Gasteiger partial charge in [0.2, 0.25) is 0 Å². The summed E-state index contributed by atoms with van der Waals surface area (Å²) in [5.74, 6) is -0.922. The van der Waals surface area contributed by atoms with E-state index < -0.39 is 12.6 Å². The van der Waals surface area contributed by atoms with Crippen LogP contribution in [0.15, 0.2) is 77.3 Å². The highest BCUT2D eigenvalue weighted by molar-refractivity contribution is 9.10. The van der Waals surface area contributed by atoms with Crippen LogP contribution in [-0.4, -0.2) is 33.1 Å². The minimum Gasteiger partial charge on any atom is -0.451 e. The highest BCUT2D eigenvalue weighted by Crippen LogP contribution is 2.28. The summed E-state index contributed by atoms with van der Waals surface area (Å²) in [6.07, 6.45) is 0. The van der Waals surface area contributed by atoms with Gasteiger partial charge in [-0.1, -0.05) is 81.6 Å². The highest BCUT2D eigenvalue weighted by Gasteiger charge is 2.21. The van der Waals surface area contributed by atoms with Crippen LogP contribution in [0.25, 0.3) is 17.1 Å². The number of benzene rings is 3. The van der Waals surface area contributed by atoms with Gasteiger partial charge in [0.1, 0.15) is 0 Å². The van der Waals surface area contributed by atoms with Crippen molar-refractivity contribution in [1.29, 1.82) is 0 Å². The molecule has 3 aromatic carbocycles. The Morgan fingerprint density at radius 3 is 2.34 bits per heavy atom. The van der Waals surface area contributed by atoms with Gasteiger partial charge in [0.25, 0.3) is 5.82 Å². The molecule has 0 N–H and O–H groups in total. The van der Waals surface area contributed by atoms with Gasteiger partial charge >= 0.3 is 5.97 Å². The number of Topliss-reactive ketones (excluding diaryl/α,β-unsaturated/α-hetero) is 1. The number of halogens is 3. The molecule has 32 heavy (non-hydrogen) atoms. The van der Waals surface area contributed by atoms with Crippen molar-refractivity contribution in [3.05, 3.63) is 98.7 Å². The first-order valence-electron chi connectivity index (χ1n) is 9.36. The molecule has 0 saturated carbocycles. The van der Waals surface area contributed by atoms with E-state index in [0.29, 0.717) is 32.7 Å². The Morgan fingerprint density at radius 2 is 1.66 bits per heavy atom. The van der Waals surface area contributed by atoms with Crippen LogP contribution in [0.2, 0.25) is 10.0 Å². The standard InChI is InChI=1S/C23H14BrCl2N3O3/c24-16-8-6-15(7-9-16)22-27-21(28-29(22)17-10-11-18(25)19(26)12-17)23(31)32-13-20(30)14-4-2-1-3-5-14/h1-12H,13H2. The second-order valence-corrected chi connectivity index (χ2v) is 8.37. The lowest BCUT2D eigenvalue weighted by atomic mass is 10.1. The van der Waals surface area contributed by atoms with E-state index in [1.165, 1.54) is 4.68 Å². The highest BCUT2D eigenvalue weighted by atomic mass is 79.9. The summed E-state index contributed by atoms with van der Waals surface area (Å²) in [6.45, 7) is -0.419. The van der Waals surface area contributed by atoms with Crippen molar-refractivity contribution in [3.8, 4) is 17.1 Å². The third-order valence-electron chi connectivity index (χ3n) is 4.47. The van der Waals surface area contributed by atoms with Crippen molar-refractivity contribution in [1.82, 2.24) is 14.8 Å². The van der Waals surface area contributed by atoms with Crippen LogP contribution in [0.1, 0.15) is 21.0 Å². The first-order chi connectivity index (χ1) is 15.4. The molecule has 0 radical (unpaired) electrons. The Labute approximate surface area is 201 Å². The average Bonchev–Trinajstić information content (AvgIpc) is 3.25. The van der Waals surface area contributed by atoms with Gasteiger partial charge in [-0.15, -0.1) is 5.10 Å². The molecule has 1 heterocycles.